The summed E-state index contributed by atoms with van der Waals surface area (Å²) in [6.07, 6.45) is 2.12. The van der Waals surface area contributed by atoms with Crippen LogP contribution >= 0.6 is 12.6 Å². The summed E-state index contributed by atoms with van der Waals surface area (Å²) < 4.78 is 5.50. The molecule has 1 heterocycles. The molecule has 1 N–H and O–H groups in total. The third kappa shape index (κ3) is 2.68. The maximum Gasteiger partial charge on any atom is 0.229 e. The lowest BCUT2D eigenvalue weighted by molar-refractivity contribution is -0.119. The van der Waals surface area contributed by atoms with Crippen molar-refractivity contribution in [1.82, 2.24) is 5.32 Å². The highest BCUT2D eigenvalue weighted by Crippen LogP contribution is 2.23. The Labute approximate surface area is 78.3 Å². The molecule has 0 bridgehead atoms. The average molecular weight is 189 g/mol. The molecule has 1 fully saturated rings. The smallest absolute Gasteiger partial charge is 0.229 e. The molecule has 0 aromatic heterocycles. The average Bonchev–Trinajstić information content (AvgIpc) is 2.49. The van der Waals surface area contributed by atoms with E-state index in [0.29, 0.717) is 6.54 Å². The molecule has 0 aliphatic carbocycles. The Morgan fingerprint density at radius 2 is 2.50 bits per heavy atom. The van der Waals surface area contributed by atoms with Crippen molar-refractivity contribution >= 4 is 18.5 Å². The molecule has 1 saturated heterocycles. The molecule has 1 atom stereocenters. The summed E-state index contributed by atoms with van der Waals surface area (Å²) >= 11 is 3.87. The van der Waals surface area contributed by atoms with E-state index in [0.717, 1.165) is 19.4 Å². The van der Waals surface area contributed by atoms with Gasteiger partial charge in [0.05, 0.1) is 11.4 Å². The highest BCUT2D eigenvalue weighted by atomic mass is 32.1. The molecule has 12 heavy (non-hydrogen) atoms. The van der Waals surface area contributed by atoms with Crippen LogP contribution in [0.4, 0.5) is 0 Å². The second kappa shape index (κ2) is 4.14. The van der Waals surface area contributed by atoms with Crippen molar-refractivity contribution in [2.75, 3.05) is 18.9 Å². The van der Waals surface area contributed by atoms with Gasteiger partial charge in [0.15, 0.2) is 0 Å². The summed E-state index contributed by atoms with van der Waals surface area (Å²) in [4.78, 5) is 10.9. The summed E-state index contributed by atoms with van der Waals surface area (Å²) in [6, 6.07) is 0. The van der Waals surface area contributed by atoms with Crippen molar-refractivity contribution < 1.29 is 9.53 Å². The van der Waals surface area contributed by atoms with E-state index >= 15 is 0 Å². The van der Waals surface area contributed by atoms with Gasteiger partial charge < -0.3 is 10.1 Å². The van der Waals surface area contributed by atoms with Gasteiger partial charge in [-0.3, -0.25) is 4.79 Å². The Morgan fingerprint density at radius 1 is 1.75 bits per heavy atom. The van der Waals surface area contributed by atoms with Crippen LogP contribution in [0.3, 0.4) is 0 Å². The standard InChI is InChI=1S/C8H15NO2S/c1-8(3-2-4-11-8)6-9-7(10)5-12/h12H,2-6H2,1H3,(H,9,10). The van der Waals surface area contributed by atoms with Gasteiger partial charge in [0.25, 0.3) is 0 Å². The lowest BCUT2D eigenvalue weighted by Gasteiger charge is -2.22. The molecule has 0 spiro atoms. The molecule has 1 aliphatic rings. The molecule has 4 heteroatoms. The Bertz CT molecular complexity index is 166. The fourth-order valence-electron chi connectivity index (χ4n) is 1.32. The first kappa shape index (κ1) is 9.86. The van der Waals surface area contributed by atoms with E-state index in [4.69, 9.17) is 4.74 Å². The molecule has 0 aromatic rings. The Hall–Kier alpha value is -0.220. The molecule has 1 rings (SSSR count). The van der Waals surface area contributed by atoms with Gasteiger partial charge in [-0.25, -0.2) is 0 Å². The minimum atomic E-state index is -0.140. The van der Waals surface area contributed by atoms with Gasteiger partial charge in [-0.1, -0.05) is 0 Å². The fraction of sp³-hybridized carbons (Fsp3) is 0.875. The van der Waals surface area contributed by atoms with Crippen LogP contribution < -0.4 is 5.32 Å². The minimum absolute atomic E-state index is 0.0324. The van der Waals surface area contributed by atoms with Crippen molar-refractivity contribution in [2.45, 2.75) is 25.4 Å². The van der Waals surface area contributed by atoms with Crippen LogP contribution in [0.25, 0.3) is 0 Å². The summed E-state index contributed by atoms with van der Waals surface area (Å²) in [6.45, 7) is 3.44. The van der Waals surface area contributed by atoms with Crippen LogP contribution in [0.2, 0.25) is 0 Å². The number of carbonyl (C=O) groups excluding carboxylic acids is 1. The van der Waals surface area contributed by atoms with Crippen molar-refractivity contribution in [3.05, 3.63) is 0 Å². The molecule has 70 valence electrons. The maximum absolute atomic E-state index is 10.9. The lowest BCUT2D eigenvalue weighted by Crippen LogP contribution is -2.40. The highest BCUT2D eigenvalue weighted by molar-refractivity contribution is 7.81. The van der Waals surface area contributed by atoms with Crippen LogP contribution in [0, 0.1) is 0 Å². The number of hydrogen-bond acceptors (Lipinski definition) is 3. The monoisotopic (exact) mass is 189 g/mol. The van der Waals surface area contributed by atoms with Gasteiger partial charge in [-0.05, 0) is 19.8 Å². The Morgan fingerprint density at radius 3 is 3.00 bits per heavy atom. The Balaban J connectivity index is 2.25. The third-order valence-electron chi connectivity index (χ3n) is 2.10. The largest absolute Gasteiger partial charge is 0.373 e. The van der Waals surface area contributed by atoms with Gasteiger partial charge in [0.2, 0.25) is 5.91 Å². The number of ether oxygens (including phenoxy) is 1. The van der Waals surface area contributed by atoms with Crippen molar-refractivity contribution in [3.63, 3.8) is 0 Å². The van der Waals surface area contributed by atoms with Crippen LogP contribution in [0.1, 0.15) is 19.8 Å². The Kier molecular flexibility index (Phi) is 3.40. The molecule has 0 saturated carbocycles. The van der Waals surface area contributed by atoms with E-state index in [1.54, 1.807) is 0 Å². The molecule has 1 amide bonds. The van der Waals surface area contributed by atoms with E-state index in [2.05, 4.69) is 17.9 Å². The van der Waals surface area contributed by atoms with Gasteiger partial charge in [-0.2, -0.15) is 12.6 Å². The van der Waals surface area contributed by atoms with Crippen LogP contribution in [0.15, 0.2) is 0 Å². The summed E-state index contributed by atoms with van der Waals surface area (Å²) in [5.41, 5.74) is -0.140. The van der Waals surface area contributed by atoms with Crippen molar-refractivity contribution in [1.29, 1.82) is 0 Å². The second-order valence-corrected chi connectivity index (χ2v) is 3.65. The second-order valence-electron chi connectivity index (χ2n) is 3.34. The predicted octanol–water partition coefficient (Wildman–Crippen LogP) is 0.601. The number of rotatable bonds is 3. The topological polar surface area (TPSA) is 38.3 Å². The zero-order valence-corrected chi connectivity index (χ0v) is 8.19. The quantitative estimate of drug-likeness (QED) is 0.638. The first-order chi connectivity index (χ1) is 5.66. The number of amides is 1. The molecular weight excluding hydrogens is 174 g/mol. The molecule has 0 radical (unpaired) electrons. The van der Waals surface area contributed by atoms with Crippen LogP contribution in [-0.2, 0) is 9.53 Å². The number of hydrogen-bond donors (Lipinski definition) is 2. The van der Waals surface area contributed by atoms with E-state index < -0.39 is 0 Å². The lowest BCUT2D eigenvalue weighted by atomic mass is 10.0. The zero-order valence-electron chi connectivity index (χ0n) is 7.30. The van der Waals surface area contributed by atoms with Crippen LogP contribution in [-0.4, -0.2) is 30.4 Å². The van der Waals surface area contributed by atoms with E-state index in [9.17, 15) is 4.79 Å². The highest BCUT2D eigenvalue weighted by Gasteiger charge is 2.29. The summed E-state index contributed by atoms with van der Waals surface area (Å²) in [5, 5.41) is 2.77. The van der Waals surface area contributed by atoms with Gasteiger partial charge >= 0.3 is 0 Å². The number of thiol groups is 1. The molecular formula is C8H15NO2S. The van der Waals surface area contributed by atoms with Gasteiger partial charge in [0.1, 0.15) is 0 Å². The van der Waals surface area contributed by atoms with E-state index in [-0.39, 0.29) is 17.3 Å². The van der Waals surface area contributed by atoms with Gasteiger partial charge in [-0.15, -0.1) is 0 Å². The fourth-order valence-corrected chi connectivity index (χ4v) is 1.43. The predicted molar refractivity (Wildman–Crippen MR) is 50.5 cm³/mol. The molecule has 3 nitrogen and oxygen atoms in total. The number of carbonyl (C=O) groups is 1. The minimum Gasteiger partial charge on any atom is -0.373 e. The number of nitrogens with one attached hydrogen (secondary N) is 1. The first-order valence-corrected chi connectivity index (χ1v) is 4.81. The van der Waals surface area contributed by atoms with Crippen LogP contribution in [0.5, 0.6) is 0 Å². The third-order valence-corrected chi connectivity index (χ3v) is 2.39. The SMILES string of the molecule is CC1(CNC(=O)CS)CCCO1. The van der Waals surface area contributed by atoms with Gasteiger partial charge in [0, 0.05) is 13.2 Å². The van der Waals surface area contributed by atoms with E-state index in [1.165, 1.54) is 0 Å². The zero-order chi connectivity index (χ0) is 9.03. The normalized spacial score (nSPS) is 28.8. The van der Waals surface area contributed by atoms with Crippen molar-refractivity contribution in [2.24, 2.45) is 0 Å². The first-order valence-electron chi connectivity index (χ1n) is 4.18. The summed E-state index contributed by atoms with van der Waals surface area (Å²) in [5.74, 6) is 0.214. The van der Waals surface area contributed by atoms with E-state index in [1.807, 2.05) is 6.92 Å². The molecule has 1 unspecified atom stereocenters. The van der Waals surface area contributed by atoms with Crippen molar-refractivity contribution in [3.8, 4) is 0 Å². The molecule has 0 aromatic carbocycles. The molecule has 1 aliphatic heterocycles. The summed E-state index contributed by atoms with van der Waals surface area (Å²) in [7, 11) is 0. The maximum atomic E-state index is 10.9.